The Kier molecular flexibility index (Phi) is 4.67. The largest absolute Gasteiger partial charge is 0.348 e. The van der Waals surface area contributed by atoms with Gasteiger partial charge in [0.1, 0.15) is 6.54 Å². The summed E-state index contributed by atoms with van der Waals surface area (Å²) in [7, 11) is 0. The van der Waals surface area contributed by atoms with Crippen molar-refractivity contribution in [3.63, 3.8) is 0 Å². The van der Waals surface area contributed by atoms with E-state index in [0.29, 0.717) is 10.8 Å². The van der Waals surface area contributed by atoms with Crippen LogP contribution in [0.15, 0.2) is 48.5 Å². The van der Waals surface area contributed by atoms with E-state index in [2.05, 4.69) is 32.9 Å². The third kappa shape index (κ3) is 3.60. The molecule has 0 bridgehead atoms. The molecule has 1 aliphatic carbocycles. The number of hydrogen-bond acceptors (Lipinski definition) is 4. The van der Waals surface area contributed by atoms with Crippen LogP contribution in [0.4, 0.5) is 0 Å². The number of carbonyl (C=O) groups is 1. The molecule has 1 aliphatic rings. The summed E-state index contributed by atoms with van der Waals surface area (Å²) in [5.41, 5.74) is 3.33. The van der Waals surface area contributed by atoms with Crippen LogP contribution in [-0.4, -0.2) is 26.1 Å². The monoisotopic (exact) mass is 367 g/mol. The maximum atomic E-state index is 12.4. The molecule has 2 aromatic carbocycles. The van der Waals surface area contributed by atoms with Crippen molar-refractivity contribution in [2.75, 3.05) is 0 Å². The summed E-state index contributed by atoms with van der Waals surface area (Å²) >= 11 is 5.89. The van der Waals surface area contributed by atoms with Crippen LogP contribution in [0.25, 0.3) is 11.4 Å². The van der Waals surface area contributed by atoms with E-state index in [1.807, 2.05) is 24.3 Å². The Hall–Kier alpha value is -2.73. The number of hydrogen-bond donors (Lipinski definition) is 1. The molecule has 6 nitrogen and oxygen atoms in total. The standard InChI is InChI=1S/C19H18ClN5O/c20-15-10-8-14(9-11-15)19-22-24-25(23-19)12-18(26)21-17-7-3-5-13-4-1-2-6-16(13)17/h1-2,4,6,8-11,17H,3,5,7,12H2,(H,21,26). The van der Waals surface area contributed by atoms with Crippen LogP contribution in [0.5, 0.6) is 0 Å². The molecule has 0 aliphatic heterocycles. The van der Waals surface area contributed by atoms with E-state index < -0.39 is 0 Å². The second kappa shape index (κ2) is 7.25. The van der Waals surface area contributed by atoms with E-state index in [4.69, 9.17) is 11.6 Å². The van der Waals surface area contributed by atoms with E-state index in [1.165, 1.54) is 15.9 Å². The average molecular weight is 368 g/mol. The first-order valence-corrected chi connectivity index (χ1v) is 8.98. The van der Waals surface area contributed by atoms with Crippen molar-refractivity contribution in [3.05, 3.63) is 64.7 Å². The summed E-state index contributed by atoms with van der Waals surface area (Å²) in [6, 6.07) is 15.5. The number of aromatic nitrogens is 4. The predicted octanol–water partition coefficient (Wildman–Crippen LogP) is 3.19. The van der Waals surface area contributed by atoms with Gasteiger partial charge in [0.15, 0.2) is 0 Å². The van der Waals surface area contributed by atoms with Gasteiger partial charge in [0.25, 0.3) is 0 Å². The van der Waals surface area contributed by atoms with Crippen molar-refractivity contribution in [1.29, 1.82) is 0 Å². The Morgan fingerprint density at radius 1 is 1.19 bits per heavy atom. The smallest absolute Gasteiger partial charge is 0.244 e. The highest BCUT2D eigenvalue weighted by Crippen LogP contribution is 2.29. The van der Waals surface area contributed by atoms with Gasteiger partial charge < -0.3 is 5.32 Å². The number of fused-ring (bicyclic) bond motifs is 1. The number of amides is 1. The van der Waals surface area contributed by atoms with Crippen LogP contribution in [0.3, 0.4) is 0 Å². The molecule has 3 aromatic rings. The molecular formula is C19H18ClN5O. The zero-order valence-electron chi connectivity index (χ0n) is 14.1. The maximum Gasteiger partial charge on any atom is 0.244 e. The van der Waals surface area contributed by atoms with Gasteiger partial charge in [0, 0.05) is 10.6 Å². The molecule has 1 atom stereocenters. The lowest BCUT2D eigenvalue weighted by molar-refractivity contribution is -0.122. The van der Waals surface area contributed by atoms with Gasteiger partial charge >= 0.3 is 0 Å². The molecule has 1 N–H and O–H groups in total. The minimum atomic E-state index is -0.119. The minimum absolute atomic E-state index is 0.0409. The first-order chi connectivity index (χ1) is 12.7. The van der Waals surface area contributed by atoms with Gasteiger partial charge in [0.2, 0.25) is 11.7 Å². The Bertz CT molecular complexity index is 922. The molecular weight excluding hydrogens is 350 g/mol. The van der Waals surface area contributed by atoms with E-state index in [-0.39, 0.29) is 18.5 Å². The summed E-state index contributed by atoms with van der Waals surface area (Å²) in [6.07, 6.45) is 3.09. The zero-order valence-corrected chi connectivity index (χ0v) is 14.9. The highest BCUT2D eigenvalue weighted by atomic mass is 35.5. The number of benzene rings is 2. The number of tetrazole rings is 1. The fourth-order valence-electron chi connectivity index (χ4n) is 3.30. The molecule has 1 amide bonds. The van der Waals surface area contributed by atoms with Crippen LogP contribution in [-0.2, 0) is 17.8 Å². The summed E-state index contributed by atoms with van der Waals surface area (Å²) < 4.78 is 0. The number of nitrogens with zero attached hydrogens (tertiary/aromatic N) is 4. The third-order valence-corrected chi connectivity index (χ3v) is 4.80. The highest BCUT2D eigenvalue weighted by molar-refractivity contribution is 6.30. The molecule has 4 rings (SSSR count). The van der Waals surface area contributed by atoms with Crippen LogP contribution in [0.1, 0.15) is 30.0 Å². The van der Waals surface area contributed by atoms with Gasteiger partial charge in [-0.05, 0) is 59.9 Å². The average Bonchev–Trinajstić information content (AvgIpc) is 3.11. The van der Waals surface area contributed by atoms with Gasteiger partial charge in [-0.25, -0.2) is 0 Å². The normalized spacial score (nSPS) is 16.1. The topological polar surface area (TPSA) is 72.7 Å². The maximum absolute atomic E-state index is 12.4. The number of nitrogens with one attached hydrogen (secondary N) is 1. The van der Waals surface area contributed by atoms with Crippen molar-refractivity contribution >= 4 is 17.5 Å². The molecule has 0 saturated heterocycles. The van der Waals surface area contributed by atoms with Gasteiger partial charge in [-0.1, -0.05) is 35.9 Å². The van der Waals surface area contributed by atoms with E-state index in [0.717, 1.165) is 24.8 Å². The quantitative estimate of drug-likeness (QED) is 0.768. The predicted molar refractivity (Wildman–Crippen MR) is 98.5 cm³/mol. The van der Waals surface area contributed by atoms with E-state index in [9.17, 15) is 4.79 Å². The van der Waals surface area contributed by atoms with E-state index in [1.54, 1.807) is 12.1 Å². The molecule has 0 fully saturated rings. The zero-order chi connectivity index (χ0) is 17.9. The van der Waals surface area contributed by atoms with Gasteiger partial charge in [-0.15, -0.1) is 10.2 Å². The highest BCUT2D eigenvalue weighted by Gasteiger charge is 2.21. The van der Waals surface area contributed by atoms with Gasteiger partial charge in [-0.3, -0.25) is 4.79 Å². The van der Waals surface area contributed by atoms with Crippen LogP contribution < -0.4 is 5.32 Å². The minimum Gasteiger partial charge on any atom is -0.348 e. The molecule has 1 unspecified atom stereocenters. The molecule has 0 radical (unpaired) electrons. The number of carbonyl (C=O) groups excluding carboxylic acids is 1. The number of halogens is 1. The van der Waals surface area contributed by atoms with Crippen molar-refractivity contribution in [1.82, 2.24) is 25.5 Å². The van der Waals surface area contributed by atoms with Crippen molar-refractivity contribution in [3.8, 4) is 11.4 Å². The second-order valence-corrected chi connectivity index (χ2v) is 6.80. The Morgan fingerprint density at radius 2 is 2.00 bits per heavy atom. The Morgan fingerprint density at radius 3 is 2.85 bits per heavy atom. The summed E-state index contributed by atoms with van der Waals surface area (Å²) in [4.78, 5) is 13.7. The van der Waals surface area contributed by atoms with Crippen LogP contribution in [0.2, 0.25) is 5.02 Å². The van der Waals surface area contributed by atoms with Crippen LogP contribution in [0, 0.1) is 0 Å². The first kappa shape index (κ1) is 16.7. The van der Waals surface area contributed by atoms with Gasteiger partial charge in [-0.2, -0.15) is 4.80 Å². The third-order valence-electron chi connectivity index (χ3n) is 4.54. The summed E-state index contributed by atoms with van der Waals surface area (Å²) in [5.74, 6) is 0.351. The number of rotatable bonds is 4. The molecule has 0 spiro atoms. The fraction of sp³-hybridized carbons (Fsp3) is 0.263. The van der Waals surface area contributed by atoms with Crippen LogP contribution >= 0.6 is 11.6 Å². The molecule has 7 heteroatoms. The summed E-state index contributed by atoms with van der Waals surface area (Å²) in [6.45, 7) is 0.0409. The molecule has 132 valence electrons. The Balaban J connectivity index is 1.42. The molecule has 1 heterocycles. The SMILES string of the molecule is O=C(Cn1nnc(-c2ccc(Cl)cc2)n1)NC1CCCc2ccccc21. The lowest BCUT2D eigenvalue weighted by Crippen LogP contribution is -2.34. The lowest BCUT2D eigenvalue weighted by atomic mass is 9.88. The Labute approximate surface area is 156 Å². The van der Waals surface area contributed by atoms with E-state index >= 15 is 0 Å². The molecule has 1 aromatic heterocycles. The first-order valence-electron chi connectivity index (χ1n) is 8.60. The number of aryl methyl sites for hydroxylation is 1. The van der Waals surface area contributed by atoms with Crippen molar-refractivity contribution < 1.29 is 4.79 Å². The van der Waals surface area contributed by atoms with Crippen molar-refractivity contribution in [2.24, 2.45) is 0 Å². The molecule has 26 heavy (non-hydrogen) atoms. The van der Waals surface area contributed by atoms with Crippen molar-refractivity contribution in [2.45, 2.75) is 31.8 Å². The van der Waals surface area contributed by atoms with Gasteiger partial charge in [0.05, 0.1) is 6.04 Å². The lowest BCUT2D eigenvalue weighted by Gasteiger charge is -2.26. The second-order valence-electron chi connectivity index (χ2n) is 6.36. The summed E-state index contributed by atoms with van der Waals surface area (Å²) in [5, 5.41) is 16.0. The molecule has 0 saturated carbocycles. The fourth-order valence-corrected chi connectivity index (χ4v) is 3.42.